The predicted octanol–water partition coefficient (Wildman–Crippen LogP) is 4.00. The number of methoxy groups -OCH3 is 1. The lowest BCUT2D eigenvalue weighted by atomic mass is 10.2. The molecular formula is C17H19F2NO3S. The molecule has 7 heteroatoms. The van der Waals surface area contributed by atoms with Crippen molar-refractivity contribution in [1.82, 2.24) is 5.32 Å². The number of hydrogen-bond acceptors (Lipinski definition) is 4. The molecule has 0 saturated carbocycles. The van der Waals surface area contributed by atoms with Gasteiger partial charge in [-0.15, -0.1) is 11.3 Å². The fourth-order valence-electron chi connectivity index (χ4n) is 2.18. The highest BCUT2D eigenvalue weighted by atomic mass is 32.1. The molecule has 1 amide bonds. The molecule has 130 valence electrons. The molecule has 0 aliphatic heterocycles. The quantitative estimate of drug-likeness (QED) is 0.740. The predicted molar refractivity (Wildman–Crippen MR) is 88.7 cm³/mol. The van der Waals surface area contributed by atoms with Crippen molar-refractivity contribution in [1.29, 1.82) is 0 Å². The maximum atomic E-state index is 12.3. The molecule has 0 fully saturated rings. The molecule has 2 aromatic rings. The molecule has 0 bridgehead atoms. The van der Waals surface area contributed by atoms with Gasteiger partial charge in [0.1, 0.15) is 0 Å². The molecule has 0 spiro atoms. The minimum Gasteiger partial charge on any atom is -0.493 e. The molecule has 2 rings (SSSR count). The Balaban J connectivity index is 1.79. The first-order valence-corrected chi connectivity index (χ1v) is 8.37. The highest BCUT2D eigenvalue weighted by Gasteiger charge is 2.11. The zero-order valence-electron chi connectivity index (χ0n) is 13.3. The average Bonchev–Trinajstić information content (AvgIpc) is 3.06. The third kappa shape index (κ3) is 5.81. The standard InChI is InChI=1S/C17H19F2NO3S/c1-22-15-10-12(7-8-14(15)23-17(18)19)11-20-16(21)6-2-4-13-5-3-9-24-13/h3,5,7-10,17H,2,4,6,11H2,1H3,(H,20,21). The monoisotopic (exact) mass is 355 g/mol. The fourth-order valence-corrected chi connectivity index (χ4v) is 2.93. The van der Waals surface area contributed by atoms with Crippen molar-refractivity contribution in [2.75, 3.05) is 7.11 Å². The summed E-state index contributed by atoms with van der Waals surface area (Å²) < 4.78 is 33.9. The van der Waals surface area contributed by atoms with Gasteiger partial charge in [0.05, 0.1) is 7.11 Å². The van der Waals surface area contributed by atoms with E-state index >= 15 is 0 Å². The summed E-state index contributed by atoms with van der Waals surface area (Å²) in [6, 6.07) is 8.64. The normalized spacial score (nSPS) is 10.7. The Morgan fingerprint density at radius 3 is 2.79 bits per heavy atom. The summed E-state index contributed by atoms with van der Waals surface area (Å²) in [5.74, 6) is 0.136. The molecule has 0 aliphatic carbocycles. The van der Waals surface area contributed by atoms with E-state index in [2.05, 4.69) is 16.1 Å². The number of thiophene rings is 1. The maximum Gasteiger partial charge on any atom is 0.387 e. The van der Waals surface area contributed by atoms with Gasteiger partial charge in [0.25, 0.3) is 0 Å². The lowest BCUT2D eigenvalue weighted by molar-refractivity contribution is -0.121. The van der Waals surface area contributed by atoms with Gasteiger partial charge in [-0.25, -0.2) is 0 Å². The fraction of sp³-hybridized carbons (Fsp3) is 0.353. The van der Waals surface area contributed by atoms with Crippen LogP contribution in [-0.2, 0) is 17.8 Å². The van der Waals surface area contributed by atoms with Gasteiger partial charge >= 0.3 is 6.61 Å². The van der Waals surface area contributed by atoms with E-state index in [4.69, 9.17) is 4.74 Å². The highest BCUT2D eigenvalue weighted by Crippen LogP contribution is 2.29. The highest BCUT2D eigenvalue weighted by molar-refractivity contribution is 7.09. The minimum atomic E-state index is -2.91. The minimum absolute atomic E-state index is 0.0291. The van der Waals surface area contributed by atoms with E-state index in [0.29, 0.717) is 13.0 Å². The Labute approximate surface area is 143 Å². The van der Waals surface area contributed by atoms with Gasteiger partial charge in [-0.3, -0.25) is 4.79 Å². The topological polar surface area (TPSA) is 47.6 Å². The van der Waals surface area contributed by atoms with E-state index in [0.717, 1.165) is 18.4 Å². The smallest absolute Gasteiger partial charge is 0.387 e. The first kappa shape index (κ1) is 18.2. The Morgan fingerprint density at radius 1 is 1.29 bits per heavy atom. The van der Waals surface area contributed by atoms with Crippen LogP contribution >= 0.6 is 11.3 Å². The number of alkyl halides is 2. The zero-order valence-corrected chi connectivity index (χ0v) is 14.1. The van der Waals surface area contributed by atoms with Gasteiger partial charge in [-0.05, 0) is 42.0 Å². The molecule has 1 N–H and O–H groups in total. The van der Waals surface area contributed by atoms with Crippen LogP contribution in [-0.4, -0.2) is 19.6 Å². The van der Waals surface area contributed by atoms with E-state index in [1.54, 1.807) is 23.5 Å². The summed E-state index contributed by atoms with van der Waals surface area (Å²) in [4.78, 5) is 13.1. The molecule has 0 atom stereocenters. The number of rotatable bonds is 9. The third-order valence-corrected chi connectivity index (χ3v) is 4.28. The molecule has 0 saturated heterocycles. The van der Waals surface area contributed by atoms with Crippen LogP contribution in [0.25, 0.3) is 0 Å². The number of aryl methyl sites for hydroxylation is 1. The van der Waals surface area contributed by atoms with Crippen LogP contribution in [0.4, 0.5) is 8.78 Å². The number of carbonyl (C=O) groups is 1. The van der Waals surface area contributed by atoms with Crippen molar-refractivity contribution >= 4 is 17.2 Å². The van der Waals surface area contributed by atoms with Crippen LogP contribution in [0.1, 0.15) is 23.3 Å². The molecule has 4 nitrogen and oxygen atoms in total. The number of nitrogens with one attached hydrogen (secondary N) is 1. The Hall–Kier alpha value is -2.15. The van der Waals surface area contributed by atoms with E-state index in [9.17, 15) is 13.6 Å². The van der Waals surface area contributed by atoms with E-state index in [1.807, 2.05) is 11.4 Å². The number of carbonyl (C=O) groups excluding carboxylic acids is 1. The molecule has 0 aliphatic rings. The molecule has 1 aromatic heterocycles. The van der Waals surface area contributed by atoms with Crippen LogP contribution in [0.3, 0.4) is 0 Å². The van der Waals surface area contributed by atoms with Crippen LogP contribution < -0.4 is 14.8 Å². The van der Waals surface area contributed by atoms with Crippen molar-refractivity contribution in [2.45, 2.75) is 32.4 Å². The molecule has 0 unspecified atom stereocenters. The van der Waals surface area contributed by atoms with Crippen LogP contribution in [0.15, 0.2) is 35.7 Å². The van der Waals surface area contributed by atoms with Crippen molar-refractivity contribution in [2.24, 2.45) is 0 Å². The van der Waals surface area contributed by atoms with E-state index in [1.165, 1.54) is 18.1 Å². The van der Waals surface area contributed by atoms with Gasteiger partial charge in [0.15, 0.2) is 11.5 Å². The molecule has 24 heavy (non-hydrogen) atoms. The second kappa shape index (κ2) is 9.22. The lowest BCUT2D eigenvalue weighted by Crippen LogP contribution is -2.22. The Kier molecular flexibility index (Phi) is 6.99. The number of amides is 1. The molecule has 0 radical (unpaired) electrons. The number of halogens is 2. The summed E-state index contributed by atoms with van der Waals surface area (Å²) in [5, 5.41) is 4.83. The Bertz CT molecular complexity index is 647. The Morgan fingerprint density at radius 2 is 2.12 bits per heavy atom. The summed E-state index contributed by atoms with van der Waals surface area (Å²) in [6.45, 7) is -2.60. The lowest BCUT2D eigenvalue weighted by Gasteiger charge is -2.12. The zero-order chi connectivity index (χ0) is 17.4. The van der Waals surface area contributed by atoms with Gasteiger partial charge in [0.2, 0.25) is 5.91 Å². The van der Waals surface area contributed by atoms with Gasteiger partial charge in [-0.2, -0.15) is 8.78 Å². The number of benzene rings is 1. The largest absolute Gasteiger partial charge is 0.493 e. The van der Waals surface area contributed by atoms with Gasteiger partial charge in [0, 0.05) is 17.8 Å². The molecular weight excluding hydrogens is 336 g/mol. The maximum absolute atomic E-state index is 12.3. The summed E-state index contributed by atoms with van der Waals surface area (Å²) in [6.07, 6.45) is 2.12. The second-order valence-corrected chi connectivity index (χ2v) is 6.11. The van der Waals surface area contributed by atoms with Gasteiger partial charge < -0.3 is 14.8 Å². The molecule has 1 aromatic carbocycles. The van der Waals surface area contributed by atoms with Crippen molar-refractivity contribution in [3.8, 4) is 11.5 Å². The van der Waals surface area contributed by atoms with E-state index in [-0.39, 0.29) is 17.4 Å². The summed E-state index contributed by atoms with van der Waals surface area (Å²) >= 11 is 1.68. The average molecular weight is 355 g/mol. The first-order chi connectivity index (χ1) is 11.6. The number of hydrogen-bond donors (Lipinski definition) is 1. The van der Waals surface area contributed by atoms with Crippen LogP contribution in [0, 0.1) is 0 Å². The van der Waals surface area contributed by atoms with E-state index < -0.39 is 6.61 Å². The van der Waals surface area contributed by atoms with Crippen molar-refractivity contribution < 1.29 is 23.0 Å². The first-order valence-electron chi connectivity index (χ1n) is 7.49. The van der Waals surface area contributed by atoms with Crippen molar-refractivity contribution in [3.05, 3.63) is 46.2 Å². The summed E-state index contributed by atoms with van der Waals surface area (Å²) in [7, 11) is 1.38. The van der Waals surface area contributed by atoms with Gasteiger partial charge in [-0.1, -0.05) is 12.1 Å². The molecule has 1 heterocycles. The van der Waals surface area contributed by atoms with Crippen molar-refractivity contribution in [3.63, 3.8) is 0 Å². The second-order valence-electron chi connectivity index (χ2n) is 5.07. The van der Waals surface area contributed by atoms with Crippen LogP contribution in [0.5, 0.6) is 11.5 Å². The summed E-state index contributed by atoms with van der Waals surface area (Å²) in [5.41, 5.74) is 0.750. The van der Waals surface area contributed by atoms with Crippen LogP contribution in [0.2, 0.25) is 0 Å². The number of ether oxygens (including phenoxy) is 2. The third-order valence-electron chi connectivity index (χ3n) is 3.34. The SMILES string of the molecule is COc1cc(CNC(=O)CCCc2cccs2)ccc1OC(F)F.